The predicted octanol–water partition coefficient (Wildman–Crippen LogP) is 6.74. The van der Waals surface area contributed by atoms with Crippen molar-refractivity contribution in [2.24, 2.45) is 0 Å². The number of rotatable bonds is 2. The van der Waals surface area contributed by atoms with Gasteiger partial charge in [-0.3, -0.25) is 0 Å². The van der Waals surface area contributed by atoms with Gasteiger partial charge in [-0.1, -0.05) is 60.7 Å². The predicted molar refractivity (Wildman–Crippen MR) is 106 cm³/mol. The van der Waals surface area contributed by atoms with Crippen LogP contribution in [0.3, 0.4) is 0 Å². The lowest BCUT2D eigenvalue weighted by Gasteiger charge is -2.18. The number of hydrogen-bond donors (Lipinski definition) is 0. The first-order valence-electron chi connectivity index (χ1n) is 7.94. The Kier molecular flexibility index (Phi) is 3.78. The molecule has 0 spiro atoms. The number of ether oxygens (including phenoxy) is 1. The average Bonchev–Trinajstić information content (AvgIpc) is 2.61. The summed E-state index contributed by atoms with van der Waals surface area (Å²) in [5.74, 6) is 0.883. The molecule has 0 atom stereocenters. The molecular formula is C22H17BrO. The van der Waals surface area contributed by atoms with E-state index in [0.29, 0.717) is 0 Å². The summed E-state index contributed by atoms with van der Waals surface area (Å²) in [6, 6.07) is 23.5. The van der Waals surface area contributed by atoms with Crippen LogP contribution in [-0.4, -0.2) is 7.11 Å². The number of benzene rings is 4. The molecule has 4 rings (SSSR count). The van der Waals surface area contributed by atoms with Crippen LogP contribution in [0.2, 0.25) is 0 Å². The highest BCUT2D eigenvalue weighted by Crippen LogP contribution is 2.45. The number of hydrogen-bond acceptors (Lipinski definition) is 1. The summed E-state index contributed by atoms with van der Waals surface area (Å²) in [6.07, 6.45) is 0. The number of methoxy groups -OCH3 is 1. The summed E-state index contributed by atoms with van der Waals surface area (Å²) in [7, 11) is 1.73. The molecule has 0 radical (unpaired) electrons. The Morgan fingerprint density at radius 3 is 2.08 bits per heavy atom. The van der Waals surface area contributed by atoms with Crippen molar-refractivity contribution in [1.82, 2.24) is 0 Å². The zero-order valence-corrected chi connectivity index (χ0v) is 15.2. The van der Waals surface area contributed by atoms with E-state index >= 15 is 0 Å². The molecule has 0 saturated heterocycles. The molecule has 0 heterocycles. The molecule has 0 aliphatic rings. The normalized spacial score (nSPS) is 11.1. The molecule has 0 bridgehead atoms. The maximum absolute atomic E-state index is 5.80. The van der Waals surface area contributed by atoms with Crippen LogP contribution in [0, 0.1) is 6.92 Å². The molecule has 4 aromatic rings. The molecule has 0 aliphatic heterocycles. The van der Waals surface area contributed by atoms with E-state index in [1.807, 2.05) is 0 Å². The first kappa shape index (κ1) is 15.2. The average molecular weight is 377 g/mol. The molecule has 4 aromatic carbocycles. The third kappa shape index (κ3) is 2.30. The Labute approximate surface area is 150 Å². The highest BCUT2D eigenvalue weighted by molar-refractivity contribution is 9.10. The maximum atomic E-state index is 5.80. The third-order valence-electron chi connectivity index (χ3n) is 4.55. The quantitative estimate of drug-likeness (QED) is 0.376. The van der Waals surface area contributed by atoms with Crippen LogP contribution in [0.1, 0.15) is 5.56 Å². The smallest absolute Gasteiger partial charge is 0.141 e. The van der Waals surface area contributed by atoms with Gasteiger partial charge in [0.2, 0.25) is 0 Å². The van der Waals surface area contributed by atoms with Crippen molar-refractivity contribution in [2.45, 2.75) is 6.92 Å². The van der Waals surface area contributed by atoms with E-state index in [9.17, 15) is 0 Å². The summed E-state index contributed by atoms with van der Waals surface area (Å²) in [4.78, 5) is 0. The van der Waals surface area contributed by atoms with Crippen LogP contribution in [0.25, 0.3) is 32.7 Å². The highest BCUT2D eigenvalue weighted by atomic mass is 79.9. The maximum Gasteiger partial charge on any atom is 0.141 e. The van der Waals surface area contributed by atoms with E-state index in [4.69, 9.17) is 4.74 Å². The Morgan fingerprint density at radius 1 is 0.750 bits per heavy atom. The zero-order chi connectivity index (χ0) is 16.7. The van der Waals surface area contributed by atoms with Gasteiger partial charge in [-0.05, 0) is 61.6 Å². The van der Waals surface area contributed by atoms with E-state index in [-0.39, 0.29) is 0 Å². The standard InChI is InChI=1S/C22H17BrO/c1-14-11-12-15-7-3-5-9-17(15)20(14)21-18-10-6-4-8-16(18)13-19(23)22(21)24-2/h3-13H,1-2H3. The lowest BCUT2D eigenvalue weighted by atomic mass is 9.90. The molecule has 118 valence electrons. The van der Waals surface area contributed by atoms with E-state index in [1.54, 1.807) is 7.11 Å². The van der Waals surface area contributed by atoms with Crippen molar-refractivity contribution in [2.75, 3.05) is 7.11 Å². The summed E-state index contributed by atoms with van der Waals surface area (Å²) in [6.45, 7) is 2.16. The van der Waals surface area contributed by atoms with Crippen LogP contribution in [0.5, 0.6) is 5.75 Å². The monoisotopic (exact) mass is 376 g/mol. The Hall–Kier alpha value is -2.32. The molecule has 0 saturated carbocycles. The van der Waals surface area contributed by atoms with E-state index in [0.717, 1.165) is 15.8 Å². The largest absolute Gasteiger partial charge is 0.495 e. The van der Waals surface area contributed by atoms with Gasteiger partial charge in [-0.25, -0.2) is 0 Å². The first-order chi connectivity index (χ1) is 11.7. The summed E-state index contributed by atoms with van der Waals surface area (Å²) in [5, 5.41) is 4.90. The molecule has 1 nitrogen and oxygen atoms in total. The van der Waals surface area contributed by atoms with Gasteiger partial charge in [-0.15, -0.1) is 0 Å². The van der Waals surface area contributed by atoms with Gasteiger partial charge in [0.1, 0.15) is 5.75 Å². The second-order valence-electron chi connectivity index (χ2n) is 5.97. The Morgan fingerprint density at radius 2 is 1.38 bits per heavy atom. The van der Waals surface area contributed by atoms with Crippen molar-refractivity contribution in [3.63, 3.8) is 0 Å². The van der Waals surface area contributed by atoms with E-state index < -0.39 is 0 Å². The molecule has 24 heavy (non-hydrogen) atoms. The Balaban J connectivity index is 2.24. The second-order valence-corrected chi connectivity index (χ2v) is 6.82. The third-order valence-corrected chi connectivity index (χ3v) is 5.14. The molecule has 0 fully saturated rings. The molecule has 0 aliphatic carbocycles. The lowest BCUT2D eigenvalue weighted by Crippen LogP contribution is -1.94. The molecule has 2 heteroatoms. The lowest BCUT2D eigenvalue weighted by molar-refractivity contribution is 0.414. The van der Waals surface area contributed by atoms with Crippen LogP contribution in [0.15, 0.2) is 71.2 Å². The molecule has 0 unspecified atom stereocenters. The minimum absolute atomic E-state index is 0.883. The fourth-order valence-corrected chi connectivity index (χ4v) is 4.06. The number of fused-ring (bicyclic) bond motifs is 2. The van der Waals surface area contributed by atoms with E-state index in [1.165, 1.54) is 32.7 Å². The van der Waals surface area contributed by atoms with Crippen molar-refractivity contribution in [3.05, 3.63) is 76.8 Å². The van der Waals surface area contributed by atoms with Crippen molar-refractivity contribution < 1.29 is 4.74 Å². The molecule has 0 amide bonds. The number of aryl methyl sites for hydroxylation is 1. The van der Waals surface area contributed by atoms with Gasteiger partial charge in [0, 0.05) is 5.56 Å². The van der Waals surface area contributed by atoms with Gasteiger partial charge in [0.25, 0.3) is 0 Å². The summed E-state index contributed by atoms with van der Waals surface area (Å²) >= 11 is 3.69. The van der Waals surface area contributed by atoms with Crippen LogP contribution in [0.4, 0.5) is 0 Å². The van der Waals surface area contributed by atoms with Gasteiger partial charge in [-0.2, -0.15) is 0 Å². The second kappa shape index (κ2) is 5.95. The minimum Gasteiger partial charge on any atom is -0.495 e. The molecule has 0 aromatic heterocycles. The van der Waals surface area contributed by atoms with Gasteiger partial charge < -0.3 is 4.74 Å². The van der Waals surface area contributed by atoms with E-state index in [2.05, 4.69) is 89.6 Å². The first-order valence-corrected chi connectivity index (χ1v) is 8.74. The fourth-order valence-electron chi connectivity index (χ4n) is 3.45. The number of halogens is 1. The zero-order valence-electron chi connectivity index (χ0n) is 13.6. The summed E-state index contributed by atoms with van der Waals surface area (Å²) < 4.78 is 6.77. The van der Waals surface area contributed by atoms with Gasteiger partial charge >= 0.3 is 0 Å². The minimum atomic E-state index is 0.883. The SMILES string of the molecule is COc1c(Br)cc2ccccc2c1-c1c(C)ccc2ccccc12. The van der Waals surface area contributed by atoms with Crippen LogP contribution >= 0.6 is 15.9 Å². The van der Waals surface area contributed by atoms with Crippen molar-refractivity contribution in [3.8, 4) is 16.9 Å². The van der Waals surface area contributed by atoms with Crippen LogP contribution < -0.4 is 4.74 Å². The molecule has 0 N–H and O–H groups in total. The Bertz CT molecular complexity index is 1070. The van der Waals surface area contributed by atoms with Gasteiger partial charge in [0.15, 0.2) is 0 Å². The highest BCUT2D eigenvalue weighted by Gasteiger charge is 2.18. The fraction of sp³-hybridized carbons (Fsp3) is 0.0909. The summed E-state index contributed by atoms with van der Waals surface area (Å²) in [5.41, 5.74) is 3.63. The van der Waals surface area contributed by atoms with Crippen molar-refractivity contribution in [1.29, 1.82) is 0 Å². The van der Waals surface area contributed by atoms with Gasteiger partial charge in [0.05, 0.1) is 11.6 Å². The van der Waals surface area contributed by atoms with Crippen LogP contribution in [-0.2, 0) is 0 Å². The topological polar surface area (TPSA) is 9.23 Å². The molecular weight excluding hydrogens is 360 g/mol. The van der Waals surface area contributed by atoms with Crippen molar-refractivity contribution >= 4 is 37.5 Å².